The van der Waals surface area contributed by atoms with Crippen LogP contribution in [-0.2, 0) is 31.5 Å². The Balaban J connectivity index is 1.52. The largest absolute Gasteiger partial charge is 0.365 e. The number of hydrogen-bond acceptors (Lipinski definition) is 9. The van der Waals surface area contributed by atoms with Crippen LogP contribution in [0.1, 0.15) is 28.8 Å². The molecule has 2 heterocycles. The quantitative estimate of drug-likeness (QED) is 0.363. The van der Waals surface area contributed by atoms with Gasteiger partial charge in [0.05, 0.1) is 10.7 Å². The third-order valence-electron chi connectivity index (χ3n) is 5.75. The number of benzene rings is 2. The molecule has 0 aliphatic carbocycles. The average molecular weight is 546 g/mol. The van der Waals surface area contributed by atoms with E-state index in [9.17, 15) is 31.7 Å². The second-order valence-corrected chi connectivity index (χ2v) is 11.7. The highest BCUT2D eigenvalue weighted by Crippen LogP contribution is 2.38. The number of likely N-dealkylation sites (tertiary alicyclic amines) is 1. The number of nitrogens with two attached hydrogens (primary N) is 1. The first kappa shape index (κ1) is 25.1. The molecule has 188 valence electrons. The van der Waals surface area contributed by atoms with E-state index < -0.39 is 35.7 Å². The lowest BCUT2D eigenvalue weighted by Crippen LogP contribution is -2.62. The molecule has 2 aromatic rings. The first-order valence-electron chi connectivity index (χ1n) is 10.1. The number of fused-ring (bicyclic) bond motifs is 1. The van der Waals surface area contributed by atoms with Crippen LogP contribution < -0.4 is 15.2 Å². The van der Waals surface area contributed by atoms with Crippen LogP contribution in [0.5, 0.6) is 0 Å². The number of nitrogens with one attached hydrogen (secondary N) is 2. The summed E-state index contributed by atoms with van der Waals surface area (Å²) in [6.07, 6.45) is 0.409. The lowest BCUT2D eigenvalue weighted by molar-refractivity contribution is -0.763. The van der Waals surface area contributed by atoms with Crippen LogP contribution in [0, 0.1) is 10.1 Å². The summed E-state index contributed by atoms with van der Waals surface area (Å²) in [5.41, 5.74) is -0.221. The van der Waals surface area contributed by atoms with Crippen molar-refractivity contribution < 1.29 is 31.6 Å². The van der Waals surface area contributed by atoms with Crippen LogP contribution >= 0.6 is 11.6 Å². The second-order valence-electron chi connectivity index (χ2n) is 8.13. The van der Waals surface area contributed by atoms with E-state index in [0.717, 1.165) is 6.07 Å². The number of hydrogen-bond donors (Lipinski definition) is 3. The molecule has 16 heteroatoms. The van der Waals surface area contributed by atoms with Gasteiger partial charge in [0.2, 0.25) is 20.0 Å². The van der Waals surface area contributed by atoms with Crippen molar-refractivity contribution >= 4 is 43.2 Å². The monoisotopic (exact) mass is 545 g/mol. The van der Waals surface area contributed by atoms with E-state index >= 15 is 0 Å². The van der Waals surface area contributed by atoms with Gasteiger partial charge in [-0.1, -0.05) is 23.7 Å². The summed E-state index contributed by atoms with van der Waals surface area (Å²) in [5.74, 6) is -0.317. The zero-order valence-electron chi connectivity index (χ0n) is 17.9. The SMILES string of the molecule is NS(=O)(=O)c1cc2c(cc1Cl)NC1(CCN(C(=O)c3cccc(CO[N+](=O)[O-])c3)CC1)NS2(=O)=O. The maximum atomic E-state index is 13.0. The minimum Gasteiger partial charge on any atom is -0.365 e. The summed E-state index contributed by atoms with van der Waals surface area (Å²) in [5, 5.41) is 17.5. The molecular formula is C19H20ClN5O8S2. The summed E-state index contributed by atoms with van der Waals surface area (Å²) in [7, 11) is -8.36. The van der Waals surface area contributed by atoms with Gasteiger partial charge in [0.15, 0.2) is 0 Å². The Morgan fingerprint density at radius 3 is 2.57 bits per heavy atom. The summed E-state index contributed by atoms with van der Waals surface area (Å²) in [6.45, 7) is 0.0999. The summed E-state index contributed by atoms with van der Waals surface area (Å²) >= 11 is 6.04. The van der Waals surface area contributed by atoms with Crippen molar-refractivity contribution in [3.8, 4) is 0 Å². The van der Waals surface area contributed by atoms with Gasteiger partial charge < -0.3 is 15.1 Å². The Bertz CT molecular complexity index is 1420. The average Bonchev–Trinajstić information content (AvgIpc) is 2.76. The Labute approximate surface area is 205 Å². The molecule has 0 bridgehead atoms. The second kappa shape index (κ2) is 8.91. The Hall–Kier alpha value is -2.98. The number of primary sulfonamides is 1. The number of piperidine rings is 1. The number of nitrogens with zero attached hydrogens (tertiary/aromatic N) is 2. The van der Waals surface area contributed by atoms with E-state index in [1.54, 1.807) is 23.1 Å². The number of rotatable bonds is 5. The highest BCUT2D eigenvalue weighted by atomic mass is 35.5. The Kier molecular flexibility index (Phi) is 6.39. The maximum Gasteiger partial charge on any atom is 0.294 e. The summed E-state index contributed by atoms with van der Waals surface area (Å²) < 4.78 is 51.9. The molecule has 0 aromatic heterocycles. The van der Waals surface area contributed by atoms with Gasteiger partial charge in [-0.25, -0.2) is 22.0 Å². The van der Waals surface area contributed by atoms with Crippen molar-refractivity contribution in [2.24, 2.45) is 5.14 Å². The first-order chi connectivity index (χ1) is 16.3. The van der Waals surface area contributed by atoms with Gasteiger partial charge in [-0.15, -0.1) is 10.1 Å². The fourth-order valence-electron chi connectivity index (χ4n) is 4.09. The number of sulfonamides is 2. The van der Waals surface area contributed by atoms with Gasteiger partial charge in [0, 0.05) is 31.5 Å². The fraction of sp³-hybridized carbons (Fsp3) is 0.316. The summed E-state index contributed by atoms with van der Waals surface area (Å²) in [6, 6.07) is 8.36. The predicted molar refractivity (Wildman–Crippen MR) is 123 cm³/mol. The van der Waals surface area contributed by atoms with Crippen LogP contribution in [0.15, 0.2) is 46.2 Å². The molecule has 0 unspecified atom stereocenters. The standard InChI is InChI=1S/C19H20ClN5O8S2/c20-14-9-15-17(10-16(14)34(21,29)30)35(31,32)23-19(22-15)4-6-24(7-5-19)18(26)13-3-1-2-12(8-13)11-33-25(27)28/h1-3,8-10,22-23H,4-7,11H2,(H2,21,29,30). The number of amides is 1. The van der Waals surface area contributed by atoms with Gasteiger partial charge in [-0.2, -0.15) is 4.72 Å². The van der Waals surface area contributed by atoms with E-state index in [1.807, 2.05) is 0 Å². The van der Waals surface area contributed by atoms with Crippen LogP contribution in [-0.4, -0.2) is 51.5 Å². The van der Waals surface area contributed by atoms with Crippen molar-refractivity contribution in [1.82, 2.24) is 9.62 Å². The third-order valence-corrected chi connectivity index (χ3v) is 8.70. The highest BCUT2D eigenvalue weighted by Gasteiger charge is 2.44. The molecule has 0 saturated carbocycles. The Morgan fingerprint density at radius 2 is 1.94 bits per heavy atom. The topological polar surface area (TPSA) is 191 Å². The highest BCUT2D eigenvalue weighted by molar-refractivity contribution is 7.90. The van der Waals surface area contributed by atoms with Crippen molar-refractivity contribution in [3.63, 3.8) is 0 Å². The molecule has 1 fully saturated rings. The van der Waals surface area contributed by atoms with E-state index in [-0.39, 0.29) is 54.1 Å². The molecule has 4 rings (SSSR count). The van der Waals surface area contributed by atoms with E-state index in [1.165, 1.54) is 12.1 Å². The zero-order chi connectivity index (χ0) is 25.6. The molecule has 4 N–H and O–H groups in total. The lowest BCUT2D eigenvalue weighted by atomic mass is 9.96. The van der Waals surface area contributed by atoms with Gasteiger partial charge in [-0.3, -0.25) is 4.79 Å². The molecule has 1 amide bonds. The summed E-state index contributed by atoms with van der Waals surface area (Å²) in [4.78, 5) is 28.4. The number of anilines is 1. The van der Waals surface area contributed by atoms with Crippen LogP contribution in [0.3, 0.4) is 0 Å². The molecule has 35 heavy (non-hydrogen) atoms. The normalized spacial score (nSPS) is 18.4. The maximum absolute atomic E-state index is 13.0. The molecule has 13 nitrogen and oxygen atoms in total. The molecule has 0 radical (unpaired) electrons. The van der Waals surface area contributed by atoms with Gasteiger partial charge in [-0.05, 0) is 29.8 Å². The van der Waals surface area contributed by atoms with Crippen LogP contribution in [0.25, 0.3) is 0 Å². The number of carbonyl (C=O) groups is 1. The molecular weight excluding hydrogens is 526 g/mol. The van der Waals surface area contributed by atoms with E-state index in [4.69, 9.17) is 16.7 Å². The van der Waals surface area contributed by atoms with Crippen molar-refractivity contribution in [2.45, 2.75) is 34.9 Å². The first-order valence-corrected chi connectivity index (χ1v) is 13.5. The van der Waals surface area contributed by atoms with Gasteiger partial charge >= 0.3 is 0 Å². The molecule has 1 spiro atoms. The molecule has 2 aromatic carbocycles. The lowest BCUT2D eigenvalue weighted by Gasteiger charge is -2.45. The predicted octanol–water partition coefficient (Wildman–Crippen LogP) is 1.03. The fourth-order valence-corrected chi connectivity index (χ4v) is 6.82. The molecule has 2 aliphatic rings. The van der Waals surface area contributed by atoms with Gasteiger partial charge in [0.1, 0.15) is 22.1 Å². The third kappa shape index (κ3) is 5.18. The zero-order valence-corrected chi connectivity index (χ0v) is 20.3. The van der Waals surface area contributed by atoms with Gasteiger partial charge in [0.25, 0.3) is 11.0 Å². The van der Waals surface area contributed by atoms with Crippen molar-refractivity contribution in [1.29, 1.82) is 0 Å². The Morgan fingerprint density at radius 1 is 1.26 bits per heavy atom. The smallest absolute Gasteiger partial charge is 0.294 e. The number of carbonyl (C=O) groups excluding carboxylic acids is 1. The molecule has 2 aliphatic heterocycles. The van der Waals surface area contributed by atoms with Crippen LogP contribution in [0.4, 0.5) is 5.69 Å². The number of halogens is 1. The molecule has 0 atom stereocenters. The van der Waals surface area contributed by atoms with E-state index in [0.29, 0.717) is 11.1 Å². The molecule has 1 saturated heterocycles. The van der Waals surface area contributed by atoms with Crippen molar-refractivity contribution in [2.75, 3.05) is 18.4 Å². The van der Waals surface area contributed by atoms with Crippen molar-refractivity contribution in [3.05, 3.63) is 62.7 Å². The van der Waals surface area contributed by atoms with E-state index in [2.05, 4.69) is 14.9 Å². The minimum absolute atomic E-state index is 0.124. The minimum atomic E-state index is -4.24. The van der Waals surface area contributed by atoms with Crippen LogP contribution in [0.2, 0.25) is 5.02 Å².